The maximum Gasteiger partial charge on any atom is 0.311 e. The van der Waals surface area contributed by atoms with E-state index in [1.807, 2.05) is 0 Å². The normalized spacial score (nSPS) is 11.3. The summed E-state index contributed by atoms with van der Waals surface area (Å²) >= 11 is 0. The zero-order valence-electron chi connectivity index (χ0n) is 12.0. The zero-order chi connectivity index (χ0) is 16.1. The van der Waals surface area contributed by atoms with Crippen molar-refractivity contribution in [1.29, 1.82) is 0 Å². The maximum atomic E-state index is 11.9. The summed E-state index contributed by atoms with van der Waals surface area (Å²) in [7, 11) is -3.73. The van der Waals surface area contributed by atoms with E-state index < -0.39 is 10.1 Å². The molecule has 1 aromatic carbocycles. The fraction of sp³-hybridized carbons (Fsp3) is 0.143. The number of benzene rings is 1. The van der Waals surface area contributed by atoms with E-state index in [1.165, 1.54) is 4.80 Å². The minimum Gasteiger partial charge on any atom is -0.382 e. The first-order valence-electron chi connectivity index (χ1n) is 6.78. The van der Waals surface area contributed by atoms with Gasteiger partial charge in [-0.3, -0.25) is 4.98 Å². The number of rotatable bonds is 6. The summed E-state index contributed by atoms with van der Waals surface area (Å²) in [5.74, 6) is 0.402. The van der Waals surface area contributed by atoms with Crippen molar-refractivity contribution in [3.8, 4) is 17.1 Å². The molecule has 2 aromatic heterocycles. The predicted molar refractivity (Wildman–Crippen MR) is 81.9 cm³/mol. The molecule has 0 fully saturated rings. The van der Waals surface area contributed by atoms with Crippen LogP contribution in [-0.4, -0.2) is 39.4 Å². The van der Waals surface area contributed by atoms with Gasteiger partial charge in [0.2, 0.25) is 5.82 Å². The van der Waals surface area contributed by atoms with Gasteiger partial charge in [0.25, 0.3) is 0 Å². The van der Waals surface area contributed by atoms with Crippen LogP contribution in [0.4, 0.5) is 0 Å². The molecule has 8 nitrogen and oxygen atoms in total. The van der Waals surface area contributed by atoms with Crippen LogP contribution in [0.25, 0.3) is 11.4 Å². The van der Waals surface area contributed by atoms with E-state index in [-0.39, 0.29) is 18.0 Å². The molecule has 0 atom stereocenters. The summed E-state index contributed by atoms with van der Waals surface area (Å²) in [5, 5.41) is 11.8. The topological polar surface area (TPSA) is 99.9 Å². The maximum absolute atomic E-state index is 11.9. The highest BCUT2D eigenvalue weighted by Gasteiger charge is 2.14. The molecule has 0 saturated carbocycles. The van der Waals surface area contributed by atoms with Crippen molar-refractivity contribution >= 4 is 10.1 Å². The number of tetrazole rings is 1. The number of nitrogens with zero attached hydrogens (tertiary/aromatic N) is 5. The van der Waals surface area contributed by atoms with Gasteiger partial charge in [-0.25, -0.2) is 0 Å². The molecule has 0 radical (unpaired) electrons. The van der Waals surface area contributed by atoms with Crippen molar-refractivity contribution in [1.82, 2.24) is 25.2 Å². The molecule has 0 aliphatic heterocycles. The molecule has 0 N–H and O–H groups in total. The molecular weight excluding hydrogens is 318 g/mol. The Labute approximate surface area is 132 Å². The third-order valence-corrected chi connectivity index (χ3v) is 4.01. The number of para-hydroxylation sites is 1. The fourth-order valence-electron chi connectivity index (χ4n) is 1.81. The smallest absolute Gasteiger partial charge is 0.311 e. The van der Waals surface area contributed by atoms with Gasteiger partial charge in [0.05, 0.1) is 6.54 Å². The monoisotopic (exact) mass is 331 g/mol. The highest BCUT2D eigenvalue weighted by molar-refractivity contribution is 7.87. The standard InChI is InChI=1S/C14H13N5O3S/c20-23(21,22-13-6-2-1-3-7-13)10-9-19-17-14(16-18-19)12-5-4-8-15-11-12/h1-8,11H,9-10H2. The van der Waals surface area contributed by atoms with Crippen molar-refractivity contribution in [2.45, 2.75) is 6.54 Å². The van der Waals surface area contributed by atoms with Crippen LogP contribution in [0.15, 0.2) is 54.9 Å². The molecule has 9 heteroatoms. The van der Waals surface area contributed by atoms with Crippen LogP contribution in [0.3, 0.4) is 0 Å². The largest absolute Gasteiger partial charge is 0.382 e. The van der Waals surface area contributed by atoms with Crippen LogP contribution in [0.2, 0.25) is 0 Å². The quantitative estimate of drug-likeness (QED) is 0.624. The van der Waals surface area contributed by atoms with Gasteiger partial charge in [0.15, 0.2) is 0 Å². The first kappa shape index (κ1) is 15.1. The van der Waals surface area contributed by atoms with Gasteiger partial charge in [0, 0.05) is 18.0 Å². The third-order valence-electron chi connectivity index (χ3n) is 2.88. The number of hydrogen-bond donors (Lipinski definition) is 0. The summed E-state index contributed by atoms with van der Waals surface area (Å²) in [6.45, 7) is 0.0441. The first-order valence-corrected chi connectivity index (χ1v) is 8.35. The van der Waals surface area contributed by atoms with Crippen molar-refractivity contribution in [3.05, 3.63) is 54.9 Å². The SMILES string of the molecule is O=S(=O)(CCn1nnc(-c2cccnc2)n1)Oc1ccccc1. The van der Waals surface area contributed by atoms with Gasteiger partial charge in [-0.05, 0) is 29.5 Å². The molecule has 0 saturated heterocycles. The molecular formula is C14H13N5O3S. The lowest BCUT2D eigenvalue weighted by Crippen LogP contribution is -2.19. The van der Waals surface area contributed by atoms with E-state index in [0.717, 1.165) is 0 Å². The summed E-state index contributed by atoms with van der Waals surface area (Å²) in [5.41, 5.74) is 0.710. The Kier molecular flexibility index (Phi) is 4.29. The minimum atomic E-state index is -3.73. The lowest BCUT2D eigenvalue weighted by atomic mass is 10.3. The number of aromatic nitrogens is 5. The Morgan fingerprint density at radius 3 is 2.65 bits per heavy atom. The fourth-order valence-corrected chi connectivity index (χ4v) is 2.68. The van der Waals surface area contributed by atoms with Crippen molar-refractivity contribution in [2.24, 2.45) is 0 Å². The minimum absolute atomic E-state index is 0.0441. The molecule has 0 spiro atoms. The molecule has 118 valence electrons. The summed E-state index contributed by atoms with van der Waals surface area (Å²) in [6.07, 6.45) is 3.25. The highest BCUT2D eigenvalue weighted by Crippen LogP contribution is 2.12. The van der Waals surface area contributed by atoms with Crippen LogP contribution < -0.4 is 4.18 Å². The van der Waals surface area contributed by atoms with E-state index in [0.29, 0.717) is 11.4 Å². The number of pyridine rings is 1. The molecule has 3 rings (SSSR count). The Balaban J connectivity index is 1.63. The lowest BCUT2D eigenvalue weighted by Gasteiger charge is -2.05. The van der Waals surface area contributed by atoms with Crippen molar-refractivity contribution in [3.63, 3.8) is 0 Å². The van der Waals surface area contributed by atoms with E-state index in [1.54, 1.807) is 54.9 Å². The van der Waals surface area contributed by atoms with Gasteiger partial charge >= 0.3 is 10.1 Å². The second-order valence-electron chi connectivity index (χ2n) is 4.61. The first-order chi connectivity index (χ1) is 11.1. The highest BCUT2D eigenvalue weighted by atomic mass is 32.2. The van der Waals surface area contributed by atoms with Crippen LogP contribution >= 0.6 is 0 Å². The average molecular weight is 331 g/mol. The molecule has 0 amide bonds. The van der Waals surface area contributed by atoms with Crippen LogP contribution in [0.5, 0.6) is 5.75 Å². The Bertz CT molecular complexity index is 866. The van der Waals surface area contributed by atoms with Gasteiger partial charge in [-0.15, -0.1) is 10.2 Å². The lowest BCUT2D eigenvalue weighted by molar-refractivity contribution is 0.470. The Morgan fingerprint density at radius 1 is 1.09 bits per heavy atom. The third kappa shape index (κ3) is 4.10. The molecule has 3 aromatic rings. The van der Waals surface area contributed by atoms with Gasteiger partial charge < -0.3 is 4.18 Å². The van der Waals surface area contributed by atoms with Crippen LogP contribution in [0.1, 0.15) is 0 Å². The molecule has 0 unspecified atom stereocenters. The summed E-state index contributed by atoms with van der Waals surface area (Å²) in [6, 6.07) is 11.9. The van der Waals surface area contributed by atoms with E-state index >= 15 is 0 Å². The molecule has 0 aliphatic rings. The predicted octanol–water partition coefficient (Wildman–Crippen LogP) is 1.14. The van der Waals surface area contributed by atoms with E-state index in [2.05, 4.69) is 20.4 Å². The van der Waals surface area contributed by atoms with Crippen LogP contribution in [0, 0.1) is 0 Å². The van der Waals surface area contributed by atoms with Crippen LogP contribution in [-0.2, 0) is 16.7 Å². The summed E-state index contributed by atoms with van der Waals surface area (Å²) in [4.78, 5) is 5.19. The average Bonchev–Trinajstić information content (AvgIpc) is 3.04. The molecule has 0 bridgehead atoms. The second kappa shape index (κ2) is 6.53. The van der Waals surface area contributed by atoms with Crippen molar-refractivity contribution < 1.29 is 12.6 Å². The zero-order valence-corrected chi connectivity index (χ0v) is 12.8. The molecule has 0 aliphatic carbocycles. The molecule has 23 heavy (non-hydrogen) atoms. The van der Waals surface area contributed by atoms with E-state index in [4.69, 9.17) is 4.18 Å². The summed E-state index contributed by atoms with van der Waals surface area (Å²) < 4.78 is 28.8. The van der Waals surface area contributed by atoms with Gasteiger partial charge in [-0.2, -0.15) is 13.2 Å². The molecule has 2 heterocycles. The van der Waals surface area contributed by atoms with Crippen molar-refractivity contribution in [2.75, 3.05) is 5.75 Å². The Hall–Kier alpha value is -2.81. The number of hydrogen-bond acceptors (Lipinski definition) is 7. The van der Waals surface area contributed by atoms with Gasteiger partial charge in [-0.1, -0.05) is 18.2 Å². The van der Waals surface area contributed by atoms with Gasteiger partial charge in [0.1, 0.15) is 11.5 Å². The number of aryl methyl sites for hydroxylation is 1. The van der Waals surface area contributed by atoms with E-state index in [9.17, 15) is 8.42 Å². The Morgan fingerprint density at radius 2 is 1.91 bits per heavy atom. The second-order valence-corrected chi connectivity index (χ2v) is 6.30.